The van der Waals surface area contributed by atoms with Gasteiger partial charge in [-0.15, -0.1) is 0 Å². The molecule has 0 radical (unpaired) electrons. The van der Waals surface area contributed by atoms with Crippen molar-refractivity contribution in [3.05, 3.63) is 0 Å². The van der Waals surface area contributed by atoms with Crippen molar-refractivity contribution in [1.82, 2.24) is 0 Å². The maximum atomic E-state index is 11.9. The molecule has 0 rings (SSSR count). The normalized spacial score (nSPS) is 17.3. The van der Waals surface area contributed by atoms with Gasteiger partial charge < -0.3 is 5.73 Å². The molecule has 2 nitrogen and oxygen atoms in total. The molecule has 0 aromatic carbocycles. The van der Waals surface area contributed by atoms with E-state index in [2.05, 4.69) is 20.8 Å². The predicted octanol–water partition coefficient (Wildman–Crippen LogP) is 2.69. The van der Waals surface area contributed by atoms with E-state index in [0.29, 0.717) is 12.5 Å². The van der Waals surface area contributed by atoms with Crippen LogP contribution >= 0.6 is 0 Å². The molecule has 0 aliphatic rings. The second-order valence-electron chi connectivity index (χ2n) is 4.35. The number of hydrogen-bond acceptors (Lipinski definition) is 2. The molecule has 0 saturated carbocycles. The van der Waals surface area contributed by atoms with Gasteiger partial charge in [-0.05, 0) is 25.3 Å². The molecule has 0 aliphatic heterocycles. The SMILES string of the molecule is CCCCC(CC)CS(=O)C(C)CCN. The van der Waals surface area contributed by atoms with Crippen LogP contribution in [0.2, 0.25) is 0 Å². The summed E-state index contributed by atoms with van der Waals surface area (Å²) in [5.74, 6) is 1.52. The van der Waals surface area contributed by atoms with E-state index < -0.39 is 10.8 Å². The third-order valence-electron chi connectivity index (χ3n) is 2.97. The van der Waals surface area contributed by atoms with Crippen molar-refractivity contribution >= 4 is 10.8 Å². The molecule has 3 heteroatoms. The first-order valence-electron chi connectivity index (χ1n) is 6.22. The minimum absolute atomic E-state index is 0.269. The van der Waals surface area contributed by atoms with Gasteiger partial charge in [-0.2, -0.15) is 0 Å². The molecule has 92 valence electrons. The topological polar surface area (TPSA) is 43.1 Å². The smallest absolute Gasteiger partial charge is 0.0331 e. The molecule has 3 atom stereocenters. The van der Waals surface area contributed by atoms with Gasteiger partial charge in [0.2, 0.25) is 0 Å². The zero-order valence-electron chi connectivity index (χ0n) is 10.5. The monoisotopic (exact) mass is 233 g/mol. The Morgan fingerprint density at radius 3 is 2.40 bits per heavy atom. The van der Waals surface area contributed by atoms with Crippen molar-refractivity contribution in [2.75, 3.05) is 12.3 Å². The van der Waals surface area contributed by atoms with Crippen molar-refractivity contribution in [2.45, 2.75) is 58.1 Å². The van der Waals surface area contributed by atoms with Gasteiger partial charge in [0, 0.05) is 21.8 Å². The second-order valence-corrected chi connectivity index (χ2v) is 6.25. The molecular weight excluding hydrogens is 206 g/mol. The van der Waals surface area contributed by atoms with E-state index in [1.54, 1.807) is 0 Å². The van der Waals surface area contributed by atoms with Gasteiger partial charge in [-0.1, -0.05) is 40.0 Å². The van der Waals surface area contributed by atoms with Gasteiger partial charge >= 0.3 is 0 Å². The van der Waals surface area contributed by atoms with Crippen LogP contribution in [0.3, 0.4) is 0 Å². The van der Waals surface area contributed by atoms with Gasteiger partial charge in [-0.3, -0.25) is 4.21 Å². The Morgan fingerprint density at radius 1 is 1.27 bits per heavy atom. The fraction of sp³-hybridized carbons (Fsp3) is 1.00. The van der Waals surface area contributed by atoms with E-state index in [-0.39, 0.29) is 5.25 Å². The van der Waals surface area contributed by atoms with Crippen LogP contribution < -0.4 is 5.73 Å². The highest BCUT2D eigenvalue weighted by atomic mass is 32.2. The lowest BCUT2D eigenvalue weighted by molar-refractivity contribution is 0.492. The van der Waals surface area contributed by atoms with Crippen molar-refractivity contribution < 1.29 is 4.21 Å². The first-order valence-corrected chi connectivity index (χ1v) is 7.61. The maximum Gasteiger partial charge on any atom is 0.0331 e. The van der Waals surface area contributed by atoms with E-state index in [1.165, 1.54) is 19.3 Å². The van der Waals surface area contributed by atoms with E-state index in [4.69, 9.17) is 5.73 Å². The highest BCUT2D eigenvalue weighted by Crippen LogP contribution is 2.16. The number of hydrogen-bond donors (Lipinski definition) is 1. The minimum Gasteiger partial charge on any atom is -0.330 e. The van der Waals surface area contributed by atoms with Crippen molar-refractivity contribution in [1.29, 1.82) is 0 Å². The lowest BCUT2D eigenvalue weighted by atomic mass is 10.0. The number of rotatable bonds is 9. The molecule has 0 aromatic heterocycles. The molecule has 0 amide bonds. The fourth-order valence-corrected chi connectivity index (χ4v) is 3.26. The van der Waals surface area contributed by atoms with Gasteiger partial charge in [0.1, 0.15) is 0 Å². The van der Waals surface area contributed by atoms with Crippen LogP contribution in [-0.4, -0.2) is 21.8 Å². The standard InChI is InChI=1S/C12H27NOS/c1-4-6-7-12(5-2)10-15(14)11(3)8-9-13/h11-12H,4-10,13H2,1-3H3. The van der Waals surface area contributed by atoms with Gasteiger partial charge in [-0.25, -0.2) is 0 Å². The fourth-order valence-electron chi connectivity index (χ4n) is 1.66. The summed E-state index contributed by atoms with van der Waals surface area (Å²) in [5, 5.41) is 0.269. The molecule has 0 aromatic rings. The summed E-state index contributed by atoms with van der Waals surface area (Å²) in [4.78, 5) is 0. The summed E-state index contributed by atoms with van der Waals surface area (Å²) >= 11 is 0. The summed E-state index contributed by atoms with van der Waals surface area (Å²) < 4.78 is 11.9. The van der Waals surface area contributed by atoms with E-state index in [0.717, 1.165) is 18.6 Å². The van der Waals surface area contributed by atoms with Crippen LogP contribution in [0, 0.1) is 5.92 Å². The summed E-state index contributed by atoms with van der Waals surface area (Å²) in [6.07, 6.45) is 5.77. The van der Waals surface area contributed by atoms with Gasteiger partial charge in [0.15, 0.2) is 0 Å². The zero-order valence-corrected chi connectivity index (χ0v) is 11.3. The zero-order chi connectivity index (χ0) is 11.7. The Morgan fingerprint density at radius 2 is 1.93 bits per heavy atom. The largest absolute Gasteiger partial charge is 0.330 e. The molecule has 0 aliphatic carbocycles. The van der Waals surface area contributed by atoms with E-state index >= 15 is 0 Å². The molecule has 15 heavy (non-hydrogen) atoms. The Hall–Kier alpha value is 0.110. The average Bonchev–Trinajstić information content (AvgIpc) is 2.24. The minimum atomic E-state index is -0.678. The molecular formula is C12H27NOS. The Kier molecular flexibility index (Phi) is 9.41. The quantitative estimate of drug-likeness (QED) is 0.665. The number of unbranched alkanes of at least 4 members (excludes halogenated alkanes) is 1. The highest BCUT2D eigenvalue weighted by molar-refractivity contribution is 7.85. The van der Waals surface area contributed by atoms with Crippen molar-refractivity contribution in [3.63, 3.8) is 0 Å². The first-order chi connectivity index (χ1) is 7.15. The molecule has 0 spiro atoms. The van der Waals surface area contributed by atoms with Gasteiger partial charge in [0.25, 0.3) is 0 Å². The summed E-state index contributed by atoms with van der Waals surface area (Å²) in [6.45, 7) is 7.11. The Bertz CT molecular complexity index is 173. The van der Waals surface area contributed by atoms with Crippen molar-refractivity contribution in [3.8, 4) is 0 Å². The van der Waals surface area contributed by atoms with Crippen LogP contribution in [0.4, 0.5) is 0 Å². The second kappa shape index (κ2) is 9.34. The van der Waals surface area contributed by atoms with Crippen LogP contribution in [0.5, 0.6) is 0 Å². The Balaban J connectivity index is 3.88. The van der Waals surface area contributed by atoms with Gasteiger partial charge in [0.05, 0.1) is 0 Å². The molecule has 0 saturated heterocycles. The lowest BCUT2D eigenvalue weighted by Crippen LogP contribution is -2.22. The molecule has 0 bridgehead atoms. The number of nitrogens with two attached hydrogens (primary N) is 1. The van der Waals surface area contributed by atoms with E-state index in [9.17, 15) is 4.21 Å². The molecule has 0 fully saturated rings. The average molecular weight is 233 g/mol. The highest BCUT2D eigenvalue weighted by Gasteiger charge is 2.15. The third kappa shape index (κ3) is 7.07. The Labute approximate surface area is 97.5 Å². The van der Waals surface area contributed by atoms with Crippen LogP contribution in [0.25, 0.3) is 0 Å². The van der Waals surface area contributed by atoms with Crippen molar-refractivity contribution in [2.24, 2.45) is 11.7 Å². The molecule has 3 unspecified atom stereocenters. The summed E-state index contributed by atoms with van der Waals surface area (Å²) in [6, 6.07) is 0. The molecule has 2 N–H and O–H groups in total. The van der Waals surface area contributed by atoms with Crippen LogP contribution in [0.15, 0.2) is 0 Å². The van der Waals surface area contributed by atoms with Crippen LogP contribution in [0.1, 0.15) is 52.9 Å². The maximum absolute atomic E-state index is 11.9. The third-order valence-corrected chi connectivity index (χ3v) is 4.90. The summed E-state index contributed by atoms with van der Waals surface area (Å²) in [7, 11) is -0.678. The predicted molar refractivity (Wildman–Crippen MR) is 69.4 cm³/mol. The van der Waals surface area contributed by atoms with Crippen LogP contribution in [-0.2, 0) is 10.8 Å². The lowest BCUT2D eigenvalue weighted by Gasteiger charge is -2.17. The summed E-state index contributed by atoms with van der Waals surface area (Å²) in [5.41, 5.74) is 5.48. The molecule has 0 heterocycles. The van der Waals surface area contributed by atoms with E-state index in [1.807, 2.05) is 0 Å². The first kappa shape index (κ1) is 15.1.